The monoisotopic (exact) mass is 166 g/mol. The molecule has 0 aromatic rings. The van der Waals surface area contributed by atoms with Crippen LogP contribution in [0.4, 0.5) is 0 Å². The van der Waals surface area contributed by atoms with Gasteiger partial charge >= 0.3 is 0 Å². The van der Waals surface area contributed by atoms with Gasteiger partial charge in [-0.25, -0.2) is 0 Å². The van der Waals surface area contributed by atoms with E-state index in [2.05, 4.69) is 5.92 Å². The Bertz CT molecular complexity index is 179. The van der Waals surface area contributed by atoms with Crippen LogP contribution in [0.25, 0.3) is 0 Å². The largest absolute Gasteiger partial charge is 0.379 e. The van der Waals surface area contributed by atoms with E-state index < -0.39 is 0 Å². The second-order valence-corrected chi connectivity index (χ2v) is 2.73. The average Bonchev–Trinajstić information content (AvgIpc) is 2.15. The van der Waals surface area contributed by atoms with E-state index in [1.165, 1.54) is 0 Å². The second kappa shape index (κ2) is 4.91. The molecule has 0 bridgehead atoms. The van der Waals surface area contributed by atoms with Crippen LogP contribution >= 0.6 is 0 Å². The zero-order valence-corrected chi connectivity index (χ0v) is 6.95. The van der Waals surface area contributed by atoms with Crippen LogP contribution in [0.15, 0.2) is 0 Å². The molecule has 1 radical (unpaired) electrons. The van der Waals surface area contributed by atoms with Gasteiger partial charge in [-0.05, 0) is 6.42 Å². The summed E-state index contributed by atoms with van der Waals surface area (Å²) in [6.07, 6.45) is 8.06. The SMILES string of the molecule is [C]#CCC(C=O)N1CCOCC1. The van der Waals surface area contributed by atoms with Gasteiger partial charge in [-0.1, -0.05) is 5.92 Å². The van der Waals surface area contributed by atoms with Crippen LogP contribution in [0, 0.1) is 12.3 Å². The van der Waals surface area contributed by atoms with Gasteiger partial charge < -0.3 is 9.53 Å². The number of nitrogens with zero attached hydrogens (tertiary/aromatic N) is 1. The first-order chi connectivity index (χ1) is 5.88. The van der Waals surface area contributed by atoms with Crippen LogP contribution in [-0.4, -0.2) is 43.5 Å². The number of carbonyl (C=O) groups excluding carboxylic acids is 1. The quantitative estimate of drug-likeness (QED) is 0.432. The lowest BCUT2D eigenvalue weighted by atomic mass is 10.2. The van der Waals surface area contributed by atoms with Crippen molar-refractivity contribution in [2.45, 2.75) is 12.5 Å². The second-order valence-electron chi connectivity index (χ2n) is 2.73. The molecule has 0 amide bonds. The highest BCUT2D eigenvalue weighted by molar-refractivity contribution is 5.58. The topological polar surface area (TPSA) is 29.5 Å². The van der Waals surface area contributed by atoms with Crippen LogP contribution in [-0.2, 0) is 9.53 Å². The maximum absolute atomic E-state index is 10.6. The third kappa shape index (κ3) is 2.33. The van der Waals surface area contributed by atoms with Gasteiger partial charge in [-0.15, -0.1) is 0 Å². The maximum Gasteiger partial charge on any atom is 0.138 e. The summed E-state index contributed by atoms with van der Waals surface area (Å²) in [6, 6.07) is -0.175. The third-order valence-corrected chi connectivity index (χ3v) is 1.98. The maximum atomic E-state index is 10.6. The molecule has 0 aliphatic carbocycles. The zero-order chi connectivity index (χ0) is 8.81. The molecule has 65 valence electrons. The van der Waals surface area contributed by atoms with Gasteiger partial charge in [0.15, 0.2) is 0 Å². The minimum Gasteiger partial charge on any atom is -0.379 e. The molecular weight excluding hydrogens is 154 g/mol. The molecule has 1 unspecified atom stereocenters. The lowest BCUT2D eigenvalue weighted by Gasteiger charge is -2.30. The van der Waals surface area contributed by atoms with Gasteiger partial charge in [0, 0.05) is 19.5 Å². The number of rotatable bonds is 3. The van der Waals surface area contributed by atoms with Crippen molar-refractivity contribution in [3.8, 4) is 5.92 Å². The van der Waals surface area contributed by atoms with Crippen molar-refractivity contribution in [2.24, 2.45) is 0 Å². The highest BCUT2D eigenvalue weighted by Gasteiger charge is 2.18. The minimum absolute atomic E-state index is 0.175. The van der Waals surface area contributed by atoms with E-state index in [9.17, 15) is 4.79 Å². The molecule has 0 spiro atoms. The van der Waals surface area contributed by atoms with E-state index in [4.69, 9.17) is 11.2 Å². The van der Waals surface area contributed by atoms with Gasteiger partial charge in [0.1, 0.15) is 6.29 Å². The van der Waals surface area contributed by atoms with E-state index in [1.54, 1.807) is 0 Å². The molecule has 0 saturated carbocycles. The van der Waals surface area contributed by atoms with Crippen LogP contribution < -0.4 is 0 Å². The van der Waals surface area contributed by atoms with Crippen molar-refractivity contribution in [1.82, 2.24) is 4.90 Å². The molecule has 0 aromatic carbocycles. The molecule has 1 heterocycles. The van der Waals surface area contributed by atoms with Gasteiger partial charge in [0.25, 0.3) is 0 Å². The zero-order valence-electron chi connectivity index (χ0n) is 6.95. The van der Waals surface area contributed by atoms with Crippen LogP contribution in [0.1, 0.15) is 6.42 Å². The number of morpholine rings is 1. The Morgan fingerprint density at radius 2 is 2.25 bits per heavy atom. The van der Waals surface area contributed by atoms with Crippen molar-refractivity contribution in [1.29, 1.82) is 0 Å². The predicted molar refractivity (Wildman–Crippen MR) is 44.0 cm³/mol. The van der Waals surface area contributed by atoms with Crippen molar-refractivity contribution in [3.63, 3.8) is 0 Å². The van der Waals surface area contributed by atoms with Gasteiger partial charge in [0.2, 0.25) is 0 Å². The average molecular weight is 166 g/mol. The van der Waals surface area contributed by atoms with Gasteiger partial charge in [-0.3, -0.25) is 4.90 Å². The summed E-state index contributed by atoms with van der Waals surface area (Å²) in [5.41, 5.74) is 0. The normalized spacial score (nSPS) is 21.2. The Morgan fingerprint density at radius 1 is 1.58 bits per heavy atom. The molecule has 0 aromatic heterocycles. The smallest absolute Gasteiger partial charge is 0.138 e. The highest BCUT2D eigenvalue weighted by atomic mass is 16.5. The van der Waals surface area contributed by atoms with E-state index in [0.29, 0.717) is 19.6 Å². The van der Waals surface area contributed by atoms with Crippen molar-refractivity contribution in [2.75, 3.05) is 26.3 Å². The Labute approximate surface area is 72.7 Å². The molecular formula is C9H12NO2. The van der Waals surface area contributed by atoms with Gasteiger partial charge in [0.05, 0.1) is 19.3 Å². The first-order valence-electron chi connectivity index (χ1n) is 4.05. The molecule has 1 atom stereocenters. The highest BCUT2D eigenvalue weighted by Crippen LogP contribution is 2.04. The van der Waals surface area contributed by atoms with Crippen LogP contribution in [0.5, 0.6) is 0 Å². The predicted octanol–water partition coefficient (Wildman–Crippen LogP) is -0.134. The number of hydrogen-bond acceptors (Lipinski definition) is 3. The Kier molecular flexibility index (Phi) is 3.78. The van der Waals surface area contributed by atoms with Crippen molar-refractivity contribution < 1.29 is 9.53 Å². The molecule has 12 heavy (non-hydrogen) atoms. The number of hydrogen-bond donors (Lipinski definition) is 0. The summed E-state index contributed by atoms with van der Waals surface area (Å²) in [4.78, 5) is 12.6. The fourth-order valence-electron chi connectivity index (χ4n) is 1.28. The summed E-state index contributed by atoms with van der Waals surface area (Å²) < 4.78 is 5.15. The molecule has 3 heteroatoms. The third-order valence-electron chi connectivity index (χ3n) is 1.98. The number of ether oxygens (including phenoxy) is 1. The van der Waals surface area contributed by atoms with Crippen molar-refractivity contribution in [3.05, 3.63) is 6.42 Å². The fraction of sp³-hybridized carbons (Fsp3) is 0.667. The lowest BCUT2D eigenvalue weighted by Crippen LogP contribution is -2.44. The standard InChI is InChI=1S/C9H12NO2/c1-2-3-9(8-11)10-4-6-12-7-5-10/h8-9H,3-7H2. The van der Waals surface area contributed by atoms with Crippen LogP contribution in [0.3, 0.4) is 0 Å². The van der Waals surface area contributed by atoms with E-state index in [-0.39, 0.29) is 6.04 Å². The first kappa shape index (κ1) is 9.24. The Balaban J connectivity index is 2.41. The molecule has 1 aliphatic heterocycles. The molecule has 0 N–H and O–H groups in total. The molecule has 1 rings (SSSR count). The summed E-state index contributed by atoms with van der Waals surface area (Å²) in [5, 5.41) is 0. The Hall–Kier alpha value is -0.850. The Morgan fingerprint density at radius 3 is 2.75 bits per heavy atom. The molecule has 1 aliphatic rings. The molecule has 1 fully saturated rings. The lowest BCUT2D eigenvalue weighted by molar-refractivity contribution is -0.113. The van der Waals surface area contributed by atoms with E-state index in [0.717, 1.165) is 19.4 Å². The molecule has 3 nitrogen and oxygen atoms in total. The number of carbonyl (C=O) groups is 1. The van der Waals surface area contributed by atoms with Crippen LogP contribution in [0.2, 0.25) is 0 Å². The van der Waals surface area contributed by atoms with E-state index >= 15 is 0 Å². The number of aldehydes is 1. The first-order valence-corrected chi connectivity index (χ1v) is 4.05. The summed E-state index contributed by atoms with van der Waals surface area (Å²) in [6.45, 7) is 2.93. The molecule has 1 saturated heterocycles. The minimum atomic E-state index is -0.175. The van der Waals surface area contributed by atoms with Crippen molar-refractivity contribution >= 4 is 6.29 Å². The summed E-state index contributed by atoms with van der Waals surface area (Å²) >= 11 is 0. The van der Waals surface area contributed by atoms with Gasteiger partial charge in [-0.2, -0.15) is 0 Å². The summed E-state index contributed by atoms with van der Waals surface area (Å²) in [5.74, 6) is 2.25. The fourth-order valence-corrected chi connectivity index (χ4v) is 1.28. The van der Waals surface area contributed by atoms with E-state index in [1.807, 2.05) is 4.90 Å². The summed E-state index contributed by atoms with van der Waals surface area (Å²) in [7, 11) is 0.